The Labute approximate surface area is 182 Å². The number of hydrogen-bond donors (Lipinski definition) is 1. The first-order valence-corrected chi connectivity index (χ1v) is 11.5. The summed E-state index contributed by atoms with van der Waals surface area (Å²) in [4.78, 5) is 26.0. The number of rotatable bonds is 6. The van der Waals surface area contributed by atoms with Crippen molar-refractivity contribution in [1.29, 1.82) is 0 Å². The second-order valence-corrected chi connectivity index (χ2v) is 9.63. The van der Waals surface area contributed by atoms with E-state index in [1.807, 2.05) is 24.3 Å². The van der Waals surface area contributed by atoms with Gasteiger partial charge in [-0.2, -0.15) is 5.10 Å². The summed E-state index contributed by atoms with van der Waals surface area (Å²) in [5, 5.41) is 8.55. The molecule has 6 nitrogen and oxygen atoms in total. The summed E-state index contributed by atoms with van der Waals surface area (Å²) in [6, 6.07) is 7.73. The zero-order valence-electron chi connectivity index (χ0n) is 17.9. The van der Waals surface area contributed by atoms with Gasteiger partial charge < -0.3 is 5.32 Å². The molecule has 1 N–H and O–H groups in total. The van der Waals surface area contributed by atoms with Crippen molar-refractivity contribution < 1.29 is 4.79 Å². The van der Waals surface area contributed by atoms with E-state index in [1.165, 1.54) is 0 Å². The van der Waals surface area contributed by atoms with E-state index >= 15 is 0 Å². The van der Waals surface area contributed by atoms with Crippen LogP contribution in [-0.4, -0.2) is 26.3 Å². The summed E-state index contributed by atoms with van der Waals surface area (Å²) in [7, 11) is 0. The average Bonchev–Trinajstić information content (AvgIpc) is 2.83. The van der Waals surface area contributed by atoms with Gasteiger partial charge in [-0.15, -0.1) is 0 Å². The minimum atomic E-state index is -0.436. The van der Waals surface area contributed by atoms with Gasteiger partial charge in [-0.1, -0.05) is 44.0 Å². The molecule has 0 radical (unpaired) electrons. The fraction of sp³-hybridized carbons (Fsp3) is 0.609. The summed E-state index contributed by atoms with van der Waals surface area (Å²) in [6.45, 7) is 5.57. The summed E-state index contributed by atoms with van der Waals surface area (Å²) in [6.07, 6.45) is 6.02. The Kier molecular flexibility index (Phi) is 6.05. The summed E-state index contributed by atoms with van der Waals surface area (Å²) in [5.41, 5.74) is 0.591. The number of hydrogen-bond acceptors (Lipinski definition) is 3. The maximum absolute atomic E-state index is 13.3. The average molecular weight is 431 g/mol. The molecular formula is C23H31ClN4O2. The Morgan fingerprint density at radius 2 is 2.00 bits per heavy atom. The lowest BCUT2D eigenvalue weighted by Crippen LogP contribution is -2.52. The number of amides is 1. The zero-order valence-corrected chi connectivity index (χ0v) is 18.6. The minimum Gasteiger partial charge on any atom is -0.353 e. The van der Waals surface area contributed by atoms with E-state index < -0.39 is 5.41 Å². The van der Waals surface area contributed by atoms with Crippen molar-refractivity contribution in [2.24, 2.45) is 5.92 Å². The van der Waals surface area contributed by atoms with Crippen LogP contribution in [0.5, 0.6) is 0 Å². The number of carbonyl (C=O) groups is 1. The van der Waals surface area contributed by atoms with Crippen LogP contribution in [0.4, 0.5) is 0 Å². The molecule has 1 aliphatic heterocycles. The molecule has 1 aromatic carbocycles. The molecule has 1 aromatic heterocycles. The number of nitrogens with one attached hydrogen (secondary N) is 1. The maximum atomic E-state index is 13.3. The Balaban J connectivity index is 1.42. The van der Waals surface area contributed by atoms with Crippen molar-refractivity contribution in [2.75, 3.05) is 0 Å². The lowest BCUT2D eigenvalue weighted by atomic mass is 9.63. The highest BCUT2D eigenvalue weighted by Gasteiger charge is 2.46. The molecule has 162 valence electrons. The monoisotopic (exact) mass is 430 g/mol. The van der Waals surface area contributed by atoms with Gasteiger partial charge in [0.05, 0.1) is 5.41 Å². The standard InChI is InChI=1S/C23H31ClN4O2/c1-16(2)10-15-28-22(30)27-14-11-19(8-9-20(27)26-28)25-21(29)23(12-3-13-23)17-4-6-18(24)7-5-17/h4-7,16,19H,3,8-15H2,1-2H3,(H,25,29). The molecule has 2 heterocycles. The number of fused-ring (bicyclic) bond motifs is 1. The zero-order chi connectivity index (χ0) is 21.3. The largest absolute Gasteiger partial charge is 0.353 e. The van der Waals surface area contributed by atoms with E-state index in [2.05, 4.69) is 24.3 Å². The molecule has 1 unspecified atom stereocenters. The predicted octanol–water partition coefficient (Wildman–Crippen LogP) is 3.69. The maximum Gasteiger partial charge on any atom is 0.345 e. The number of aryl methyl sites for hydroxylation is 2. The molecule has 1 amide bonds. The molecule has 30 heavy (non-hydrogen) atoms. The van der Waals surface area contributed by atoms with E-state index in [1.54, 1.807) is 9.25 Å². The van der Waals surface area contributed by atoms with Crippen LogP contribution in [0.1, 0.15) is 63.8 Å². The van der Waals surface area contributed by atoms with Crippen molar-refractivity contribution in [3.63, 3.8) is 0 Å². The van der Waals surface area contributed by atoms with Crippen LogP contribution in [-0.2, 0) is 29.7 Å². The third kappa shape index (κ3) is 4.07. The van der Waals surface area contributed by atoms with Gasteiger partial charge in [-0.25, -0.2) is 9.48 Å². The van der Waals surface area contributed by atoms with Crippen LogP contribution < -0.4 is 11.0 Å². The lowest BCUT2D eigenvalue weighted by molar-refractivity contribution is -0.130. The van der Waals surface area contributed by atoms with Crippen molar-refractivity contribution in [3.05, 3.63) is 51.2 Å². The van der Waals surface area contributed by atoms with E-state index in [9.17, 15) is 9.59 Å². The molecule has 0 saturated heterocycles. The first-order chi connectivity index (χ1) is 14.4. The Morgan fingerprint density at radius 3 is 2.63 bits per heavy atom. The van der Waals surface area contributed by atoms with Crippen LogP contribution >= 0.6 is 11.6 Å². The van der Waals surface area contributed by atoms with Crippen LogP contribution in [0.25, 0.3) is 0 Å². The molecule has 4 rings (SSSR count). The van der Waals surface area contributed by atoms with Crippen molar-refractivity contribution in [2.45, 2.75) is 83.3 Å². The van der Waals surface area contributed by atoms with Gasteiger partial charge in [-0.3, -0.25) is 9.36 Å². The van der Waals surface area contributed by atoms with Gasteiger partial charge >= 0.3 is 5.69 Å². The van der Waals surface area contributed by atoms with Crippen LogP contribution in [0.15, 0.2) is 29.1 Å². The van der Waals surface area contributed by atoms with Gasteiger partial charge in [0.2, 0.25) is 5.91 Å². The predicted molar refractivity (Wildman–Crippen MR) is 118 cm³/mol. The molecule has 0 bridgehead atoms. The van der Waals surface area contributed by atoms with E-state index in [0.717, 1.165) is 49.9 Å². The van der Waals surface area contributed by atoms with Crippen LogP contribution in [0.2, 0.25) is 5.02 Å². The Morgan fingerprint density at radius 1 is 1.27 bits per heavy atom. The molecule has 1 fully saturated rings. The Hall–Kier alpha value is -2.08. The fourth-order valence-corrected chi connectivity index (χ4v) is 4.69. The molecular weight excluding hydrogens is 400 g/mol. The van der Waals surface area contributed by atoms with Crippen molar-refractivity contribution in [1.82, 2.24) is 19.7 Å². The molecule has 2 aromatic rings. The number of nitrogens with zero attached hydrogens (tertiary/aromatic N) is 3. The number of benzene rings is 1. The molecule has 1 atom stereocenters. The number of aromatic nitrogens is 3. The molecule has 1 saturated carbocycles. The lowest BCUT2D eigenvalue weighted by Gasteiger charge is -2.41. The quantitative estimate of drug-likeness (QED) is 0.759. The van der Waals surface area contributed by atoms with Crippen LogP contribution in [0, 0.1) is 5.92 Å². The van der Waals surface area contributed by atoms with E-state index in [4.69, 9.17) is 11.6 Å². The SMILES string of the molecule is CC(C)CCn1nc2n(c1=O)CCC(NC(=O)C1(c3ccc(Cl)cc3)CCC1)CC2. The second kappa shape index (κ2) is 8.58. The van der Waals surface area contributed by atoms with Crippen molar-refractivity contribution in [3.8, 4) is 0 Å². The van der Waals surface area contributed by atoms with Gasteiger partial charge in [0, 0.05) is 30.6 Å². The molecule has 2 aliphatic rings. The first kappa shape index (κ1) is 21.2. The van der Waals surface area contributed by atoms with E-state index in [-0.39, 0.29) is 17.6 Å². The van der Waals surface area contributed by atoms with Crippen LogP contribution in [0.3, 0.4) is 0 Å². The number of carbonyl (C=O) groups excluding carboxylic acids is 1. The highest BCUT2D eigenvalue weighted by molar-refractivity contribution is 6.30. The fourth-order valence-electron chi connectivity index (χ4n) is 4.57. The first-order valence-electron chi connectivity index (χ1n) is 11.1. The third-order valence-electron chi connectivity index (χ3n) is 6.71. The topological polar surface area (TPSA) is 68.9 Å². The van der Waals surface area contributed by atoms with Gasteiger partial charge in [0.25, 0.3) is 0 Å². The van der Waals surface area contributed by atoms with Crippen molar-refractivity contribution >= 4 is 17.5 Å². The molecule has 1 aliphatic carbocycles. The summed E-state index contributed by atoms with van der Waals surface area (Å²) in [5.74, 6) is 1.49. The summed E-state index contributed by atoms with van der Waals surface area (Å²) >= 11 is 6.03. The highest BCUT2D eigenvalue weighted by atomic mass is 35.5. The molecule has 7 heteroatoms. The summed E-state index contributed by atoms with van der Waals surface area (Å²) < 4.78 is 3.41. The Bertz CT molecular complexity index is 957. The van der Waals surface area contributed by atoms with Gasteiger partial charge in [0.15, 0.2) is 0 Å². The number of halogens is 1. The second-order valence-electron chi connectivity index (χ2n) is 9.20. The molecule has 0 spiro atoms. The van der Waals surface area contributed by atoms with Gasteiger partial charge in [0.1, 0.15) is 5.82 Å². The normalized spacial score (nSPS) is 20.3. The third-order valence-corrected chi connectivity index (χ3v) is 6.96. The highest BCUT2D eigenvalue weighted by Crippen LogP contribution is 2.44. The minimum absolute atomic E-state index is 0.0192. The van der Waals surface area contributed by atoms with E-state index in [0.29, 0.717) is 30.5 Å². The smallest absolute Gasteiger partial charge is 0.345 e. The van der Waals surface area contributed by atoms with Gasteiger partial charge in [-0.05, 0) is 55.7 Å².